The Bertz CT molecular complexity index is 921. The van der Waals surface area contributed by atoms with Crippen molar-refractivity contribution in [1.82, 2.24) is 4.57 Å². The SMILES string of the molecule is C=C(N)c1cc(C)c(NCCC)cc1Nc1ccc2ccn(C)c2c1. The van der Waals surface area contributed by atoms with Gasteiger partial charge in [-0.25, -0.2) is 0 Å². The predicted molar refractivity (Wildman–Crippen MR) is 109 cm³/mol. The number of nitrogens with two attached hydrogens (primary N) is 1. The molecule has 4 nitrogen and oxygen atoms in total. The second kappa shape index (κ2) is 6.93. The first-order chi connectivity index (χ1) is 12.0. The average molecular weight is 334 g/mol. The van der Waals surface area contributed by atoms with Gasteiger partial charge in [0.1, 0.15) is 0 Å². The van der Waals surface area contributed by atoms with Gasteiger partial charge in [0.05, 0.1) is 0 Å². The molecule has 0 atom stereocenters. The molecule has 1 aromatic heterocycles. The van der Waals surface area contributed by atoms with E-state index in [1.165, 1.54) is 16.5 Å². The van der Waals surface area contributed by atoms with Crippen LogP contribution in [0.4, 0.5) is 17.1 Å². The van der Waals surface area contributed by atoms with E-state index in [-0.39, 0.29) is 0 Å². The van der Waals surface area contributed by atoms with E-state index in [0.29, 0.717) is 5.70 Å². The molecule has 0 aliphatic carbocycles. The number of aryl methyl sites for hydroxylation is 2. The second-order valence-corrected chi connectivity index (χ2v) is 6.49. The highest BCUT2D eigenvalue weighted by Gasteiger charge is 2.10. The fourth-order valence-corrected chi connectivity index (χ4v) is 3.02. The molecule has 0 radical (unpaired) electrons. The van der Waals surface area contributed by atoms with Gasteiger partial charge in [0.2, 0.25) is 0 Å². The highest BCUT2D eigenvalue weighted by atomic mass is 14.9. The summed E-state index contributed by atoms with van der Waals surface area (Å²) in [6, 6.07) is 12.7. The maximum atomic E-state index is 6.03. The van der Waals surface area contributed by atoms with Crippen molar-refractivity contribution in [2.75, 3.05) is 17.2 Å². The summed E-state index contributed by atoms with van der Waals surface area (Å²) in [5.74, 6) is 0. The number of nitrogens with one attached hydrogen (secondary N) is 2. The Morgan fingerprint density at radius 2 is 1.96 bits per heavy atom. The monoisotopic (exact) mass is 334 g/mol. The van der Waals surface area contributed by atoms with Crippen molar-refractivity contribution in [3.63, 3.8) is 0 Å². The molecule has 0 saturated carbocycles. The molecule has 0 aliphatic heterocycles. The lowest BCUT2D eigenvalue weighted by atomic mass is 10.0. The lowest BCUT2D eigenvalue weighted by Crippen LogP contribution is -2.06. The van der Waals surface area contributed by atoms with Gasteiger partial charge in [-0.2, -0.15) is 0 Å². The third-order valence-corrected chi connectivity index (χ3v) is 4.44. The van der Waals surface area contributed by atoms with E-state index < -0.39 is 0 Å². The summed E-state index contributed by atoms with van der Waals surface area (Å²) in [5.41, 5.74) is 13.0. The number of benzene rings is 2. The summed E-state index contributed by atoms with van der Waals surface area (Å²) >= 11 is 0. The van der Waals surface area contributed by atoms with Crippen LogP contribution in [0.5, 0.6) is 0 Å². The van der Waals surface area contributed by atoms with Gasteiger partial charge >= 0.3 is 0 Å². The number of rotatable bonds is 6. The number of aromatic nitrogens is 1. The highest BCUT2D eigenvalue weighted by molar-refractivity contribution is 5.86. The fourth-order valence-electron chi connectivity index (χ4n) is 3.02. The van der Waals surface area contributed by atoms with E-state index in [0.717, 1.165) is 35.6 Å². The van der Waals surface area contributed by atoms with Gasteiger partial charge in [0, 0.05) is 53.6 Å². The molecule has 3 rings (SSSR count). The van der Waals surface area contributed by atoms with E-state index in [1.54, 1.807) is 0 Å². The van der Waals surface area contributed by atoms with Gasteiger partial charge in [-0.15, -0.1) is 0 Å². The molecule has 0 spiro atoms. The molecular formula is C21H26N4. The maximum Gasteiger partial charge on any atom is 0.0499 e. The quantitative estimate of drug-likeness (QED) is 0.596. The molecule has 130 valence electrons. The molecule has 4 heteroatoms. The smallest absolute Gasteiger partial charge is 0.0499 e. The van der Waals surface area contributed by atoms with Crippen LogP contribution in [-0.2, 0) is 7.05 Å². The molecule has 0 saturated heterocycles. The second-order valence-electron chi connectivity index (χ2n) is 6.49. The van der Waals surface area contributed by atoms with Gasteiger partial charge in [-0.05, 0) is 54.6 Å². The zero-order valence-corrected chi connectivity index (χ0v) is 15.2. The lowest BCUT2D eigenvalue weighted by molar-refractivity contribution is 0.969. The van der Waals surface area contributed by atoms with Crippen molar-refractivity contribution in [2.45, 2.75) is 20.3 Å². The maximum absolute atomic E-state index is 6.03. The first kappa shape index (κ1) is 17.0. The Balaban J connectivity index is 2.00. The van der Waals surface area contributed by atoms with Crippen LogP contribution in [0.15, 0.2) is 49.2 Å². The van der Waals surface area contributed by atoms with E-state index in [2.05, 4.69) is 85.3 Å². The molecule has 0 aliphatic rings. The number of nitrogens with zero attached hydrogens (tertiary/aromatic N) is 1. The van der Waals surface area contributed by atoms with E-state index in [1.807, 2.05) is 0 Å². The molecule has 25 heavy (non-hydrogen) atoms. The largest absolute Gasteiger partial charge is 0.399 e. The van der Waals surface area contributed by atoms with Crippen LogP contribution in [0.1, 0.15) is 24.5 Å². The zero-order chi connectivity index (χ0) is 18.0. The lowest BCUT2D eigenvalue weighted by Gasteiger charge is -2.17. The third-order valence-electron chi connectivity index (χ3n) is 4.44. The Kier molecular flexibility index (Phi) is 4.70. The Hall–Kier alpha value is -2.88. The van der Waals surface area contributed by atoms with E-state index in [4.69, 9.17) is 5.73 Å². The number of anilines is 3. The summed E-state index contributed by atoms with van der Waals surface area (Å²) in [5, 5.41) is 8.22. The van der Waals surface area contributed by atoms with E-state index >= 15 is 0 Å². The molecule has 3 aromatic rings. The summed E-state index contributed by atoms with van der Waals surface area (Å²) < 4.78 is 2.12. The van der Waals surface area contributed by atoms with Gasteiger partial charge in [0.15, 0.2) is 0 Å². The normalized spacial score (nSPS) is 10.8. The Morgan fingerprint density at radius 3 is 2.68 bits per heavy atom. The first-order valence-corrected chi connectivity index (χ1v) is 8.65. The highest BCUT2D eigenvalue weighted by Crippen LogP contribution is 2.31. The van der Waals surface area contributed by atoms with Crippen LogP contribution in [0.25, 0.3) is 16.6 Å². The van der Waals surface area contributed by atoms with Crippen LogP contribution in [0, 0.1) is 6.92 Å². The number of hydrogen-bond acceptors (Lipinski definition) is 3. The minimum Gasteiger partial charge on any atom is -0.399 e. The fraction of sp³-hybridized carbons (Fsp3) is 0.238. The van der Waals surface area contributed by atoms with Crippen LogP contribution in [0.3, 0.4) is 0 Å². The standard InChI is InChI=1S/C21H26N4/c1-5-9-23-19-13-20(18(15(3)22)11-14(19)2)24-17-7-6-16-8-10-25(4)21(16)12-17/h6-8,10-13,23-24H,3,5,9,22H2,1-2,4H3. The van der Waals surface area contributed by atoms with Crippen LogP contribution in [-0.4, -0.2) is 11.1 Å². The van der Waals surface area contributed by atoms with Gasteiger partial charge in [0.25, 0.3) is 0 Å². The van der Waals surface area contributed by atoms with Crippen LogP contribution >= 0.6 is 0 Å². The third kappa shape index (κ3) is 3.48. The minimum atomic E-state index is 0.563. The Morgan fingerprint density at radius 1 is 1.16 bits per heavy atom. The van der Waals surface area contributed by atoms with E-state index in [9.17, 15) is 0 Å². The molecule has 0 unspecified atom stereocenters. The number of fused-ring (bicyclic) bond motifs is 1. The van der Waals surface area contributed by atoms with Crippen molar-refractivity contribution in [3.8, 4) is 0 Å². The van der Waals surface area contributed by atoms with Crippen molar-refractivity contribution < 1.29 is 0 Å². The topological polar surface area (TPSA) is 55.0 Å². The molecule has 2 aromatic carbocycles. The van der Waals surface area contributed by atoms with Gasteiger partial charge in [-0.3, -0.25) is 0 Å². The molecule has 0 amide bonds. The van der Waals surface area contributed by atoms with Crippen molar-refractivity contribution in [1.29, 1.82) is 0 Å². The van der Waals surface area contributed by atoms with Crippen molar-refractivity contribution in [2.24, 2.45) is 12.8 Å². The first-order valence-electron chi connectivity index (χ1n) is 8.65. The number of hydrogen-bond donors (Lipinski definition) is 3. The Labute approximate surface area is 149 Å². The van der Waals surface area contributed by atoms with Crippen LogP contribution in [0.2, 0.25) is 0 Å². The molecule has 4 N–H and O–H groups in total. The minimum absolute atomic E-state index is 0.563. The zero-order valence-electron chi connectivity index (χ0n) is 15.2. The summed E-state index contributed by atoms with van der Waals surface area (Å²) in [6.45, 7) is 9.12. The molecule has 0 fully saturated rings. The summed E-state index contributed by atoms with van der Waals surface area (Å²) in [4.78, 5) is 0. The van der Waals surface area contributed by atoms with Crippen molar-refractivity contribution >= 4 is 33.7 Å². The van der Waals surface area contributed by atoms with Gasteiger partial charge < -0.3 is 20.9 Å². The van der Waals surface area contributed by atoms with Crippen molar-refractivity contribution in [3.05, 3.63) is 60.3 Å². The summed E-state index contributed by atoms with van der Waals surface area (Å²) in [6.07, 6.45) is 3.15. The molecule has 1 heterocycles. The van der Waals surface area contributed by atoms with Gasteiger partial charge in [-0.1, -0.05) is 19.6 Å². The molecular weight excluding hydrogens is 308 g/mol. The van der Waals surface area contributed by atoms with Crippen LogP contribution < -0.4 is 16.4 Å². The average Bonchev–Trinajstić information content (AvgIpc) is 2.95. The predicted octanol–water partition coefficient (Wildman–Crippen LogP) is 4.98. The summed E-state index contributed by atoms with van der Waals surface area (Å²) in [7, 11) is 2.05. The molecule has 0 bridgehead atoms.